The van der Waals surface area contributed by atoms with E-state index in [9.17, 15) is 4.79 Å². The lowest BCUT2D eigenvalue weighted by Crippen LogP contribution is -2.10. The lowest BCUT2D eigenvalue weighted by Gasteiger charge is -2.17. The molecule has 2 nitrogen and oxygen atoms in total. The van der Waals surface area contributed by atoms with Crippen molar-refractivity contribution in [2.24, 2.45) is 0 Å². The third-order valence-electron chi connectivity index (χ3n) is 5.30. The van der Waals surface area contributed by atoms with Gasteiger partial charge in [-0.05, 0) is 47.1 Å². The molecule has 3 aromatic carbocycles. The molecule has 0 atom stereocenters. The first kappa shape index (κ1) is 21.6. The number of esters is 1. The molecule has 0 saturated heterocycles. The van der Waals surface area contributed by atoms with Crippen molar-refractivity contribution in [1.29, 1.82) is 0 Å². The van der Waals surface area contributed by atoms with Crippen molar-refractivity contribution in [1.82, 2.24) is 0 Å². The first-order chi connectivity index (χ1) is 14.5. The SMILES string of the molecule is C/C(=C\OC(=O)CC(c1ccccc1)c1ccccc1)Cc1ccc(C(C)C)cc1. The highest BCUT2D eigenvalue weighted by Crippen LogP contribution is 2.28. The number of hydrogen-bond donors (Lipinski definition) is 0. The van der Waals surface area contributed by atoms with E-state index >= 15 is 0 Å². The third-order valence-corrected chi connectivity index (χ3v) is 5.30. The van der Waals surface area contributed by atoms with Crippen LogP contribution in [0.3, 0.4) is 0 Å². The molecule has 30 heavy (non-hydrogen) atoms. The van der Waals surface area contributed by atoms with E-state index in [0.717, 1.165) is 23.1 Å². The monoisotopic (exact) mass is 398 g/mol. The lowest BCUT2D eigenvalue weighted by molar-refractivity contribution is -0.138. The summed E-state index contributed by atoms with van der Waals surface area (Å²) in [6.45, 7) is 6.38. The predicted molar refractivity (Wildman–Crippen MR) is 123 cm³/mol. The van der Waals surface area contributed by atoms with Crippen LogP contribution >= 0.6 is 0 Å². The summed E-state index contributed by atoms with van der Waals surface area (Å²) in [6, 6.07) is 28.9. The van der Waals surface area contributed by atoms with Crippen LogP contribution in [0.2, 0.25) is 0 Å². The smallest absolute Gasteiger partial charge is 0.311 e. The highest BCUT2D eigenvalue weighted by atomic mass is 16.5. The summed E-state index contributed by atoms with van der Waals surface area (Å²) in [7, 11) is 0. The maximum Gasteiger partial charge on any atom is 0.311 e. The molecule has 3 aromatic rings. The Morgan fingerprint density at radius 2 is 1.33 bits per heavy atom. The van der Waals surface area contributed by atoms with Gasteiger partial charge in [0, 0.05) is 5.92 Å². The van der Waals surface area contributed by atoms with Crippen molar-refractivity contribution in [2.75, 3.05) is 0 Å². The Labute approximate surface area is 180 Å². The van der Waals surface area contributed by atoms with Gasteiger partial charge in [-0.1, -0.05) is 98.8 Å². The maximum absolute atomic E-state index is 12.6. The first-order valence-corrected chi connectivity index (χ1v) is 10.6. The normalized spacial score (nSPS) is 11.7. The highest BCUT2D eigenvalue weighted by Gasteiger charge is 2.18. The van der Waals surface area contributed by atoms with Gasteiger partial charge < -0.3 is 4.74 Å². The summed E-state index contributed by atoms with van der Waals surface area (Å²) in [5.74, 6) is 0.290. The minimum Gasteiger partial charge on any atom is -0.435 e. The maximum atomic E-state index is 12.6. The molecule has 2 heteroatoms. The largest absolute Gasteiger partial charge is 0.435 e. The van der Waals surface area contributed by atoms with Gasteiger partial charge in [0.2, 0.25) is 0 Å². The Morgan fingerprint density at radius 1 is 0.800 bits per heavy atom. The van der Waals surface area contributed by atoms with Crippen LogP contribution in [0, 0.1) is 0 Å². The van der Waals surface area contributed by atoms with E-state index in [1.165, 1.54) is 11.1 Å². The van der Waals surface area contributed by atoms with Crippen molar-refractivity contribution < 1.29 is 9.53 Å². The van der Waals surface area contributed by atoms with Gasteiger partial charge in [-0.15, -0.1) is 0 Å². The van der Waals surface area contributed by atoms with Crippen LogP contribution in [0.5, 0.6) is 0 Å². The highest BCUT2D eigenvalue weighted by molar-refractivity contribution is 5.72. The molecule has 0 aliphatic rings. The molecule has 0 aliphatic carbocycles. The minimum atomic E-state index is -0.220. The van der Waals surface area contributed by atoms with E-state index in [0.29, 0.717) is 12.3 Å². The molecule has 0 saturated carbocycles. The van der Waals surface area contributed by atoms with Crippen LogP contribution in [0.4, 0.5) is 0 Å². The fourth-order valence-corrected chi connectivity index (χ4v) is 3.56. The van der Waals surface area contributed by atoms with Gasteiger partial charge in [0.15, 0.2) is 0 Å². The summed E-state index contributed by atoms with van der Waals surface area (Å²) in [5.41, 5.74) is 5.81. The van der Waals surface area contributed by atoms with Crippen molar-refractivity contribution in [3.05, 3.63) is 119 Å². The molecule has 3 rings (SSSR count). The number of rotatable bonds is 8. The molecule has 0 bridgehead atoms. The molecule has 0 spiro atoms. The fraction of sp³-hybridized carbons (Fsp3) is 0.250. The molecule has 0 fully saturated rings. The van der Waals surface area contributed by atoms with E-state index in [1.54, 1.807) is 6.26 Å². The number of ether oxygens (including phenoxy) is 1. The standard InChI is InChI=1S/C28H30O2/c1-21(2)24-16-14-23(15-17-24)18-22(3)20-30-28(29)19-27(25-10-6-4-7-11-25)26-12-8-5-9-13-26/h4-17,20-21,27H,18-19H2,1-3H3/b22-20+. The Balaban J connectivity index is 1.63. The van der Waals surface area contributed by atoms with Crippen LogP contribution in [0.15, 0.2) is 96.8 Å². The molecule has 0 aliphatic heterocycles. The average molecular weight is 399 g/mol. The second-order valence-electron chi connectivity index (χ2n) is 8.11. The van der Waals surface area contributed by atoms with Gasteiger partial charge in [-0.3, -0.25) is 4.79 Å². The average Bonchev–Trinajstić information content (AvgIpc) is 2.77. The molecule has 0 unspecified atom stereocenters. The third kappa shape index (κ3) is 6.18. The number of carbonyl (C=O) groups excluding carboxylic acids is 1. The van der Waals surface area contributed by atoms with Gasteiger partial charge in [-0.2, -0.15) is 0 Å². The van der Waals surface area contributed by atoms with E-state index in [2.05, 4.69) is 62.4 Å². The van der Waals surface area contributed by atoms with Crippen LogP contribution < -0.4 is 0 Å². The number of carbonyl (C=O) groups is 1. The molecule has 0 N–H and O–H groups in total. The minimum absolute atomic E-state index is 0.0165. The summed E-state index contributed by atoms with van der Waals surface area (Å²) < 4.78 is 5.51. The van der Waals surface area contributed by atoms with E-state index in [4.69, 9.17) is 4.74 Å². The van der Waals surface area contributed by atoms with Gasteiger partial charge >= 0.3 is 5.97 Å². The molecule has 154 valence electrons. The quantitative estimate of drug-likeness (QED) is 0.301. The number of benzene rings is 3. The second-order valence-corrected chi connectivity index (χ2v) is 8.11. The lowest BCUT2D eigenvalue weighted by atomic mass is 9.89. The fourth-order valence-electron chi connectivity index (χ4n) is 3.56. The predicted octanol–water partition coefficient (Wildman–Crippen LogP) is 7.02. The van der Waals surface area contributed by atoms with Gasteiger partial charge in [0.05, 0.1) is 12.7 Å². The topological polar surface area (TPSA) is 26.3 Å². The number of hydrogen-bond acceptors (Lipinski definition) is 2. The summed E-state index contributed by atoms with van der Waals surface area (Å²) in [5, 5.41) is 0. The van der Waals surface area contributed by atoms with Crippen LogP contribution in [0.1, 0.15) is 61.3 Å². The van der Waals surface area contributed by atoms with Crippen molar-refractivity contribution in [3.63, 3.8) is 0 Å². The zero-order valence-electron chi connectivity index (χ0n) is 18.0. The van der Waals surface area contributed by atoms with Gasteiger partial charge in [0.25, 0.3) is 0 Å². The molecule has 0 radical (unpaired) electrons. The Hall–Kier alpha value is -3.13. The Bertz CT molecular complexity index is 915. The zero-order valence-corrected chi connectivity index (χ0v) is 18.0. The molecule has 0 heterocycles. The van der Waals surface area contributed by atoms with Crippen LogP contribution in [0.25, 0.3) is 0 Å². The molecular weight excluding hydrogens is 368 g/mol. The summed E-state index contributed by atoms with van der Waals surface area (Å²) >= 11 is 0. The number of allylic oxidation sites excluding steroid dienone is 1. The Morgan fingerprint density at radius 3 is 1.83 bits per heavy atom. The van der Waals surface area contributed by atoms with Crippen molar-refractivity contribution in [3.8, 4) is 0 Å². The van der Waals surface area contributed by atoms with Crippen molar-refractivity contribution in [2.45, 2.75) is 45.4 Å². The molecule has 0 amide bonds. The zero-order chi connectivity index (χ0) is 21.3. The summed E-state index contributed by atoms with van der Waals surface area (Å²) in [4.78, 5) is 12.6. The van der Waals surface area contributed by atoms with E-state index in [-0.39, 0.29) is 11.9 Å². The summed E-state index contributed by atoms with van der Waals surface area (Å²) in [6.07, 6.45) is 2.68. The van der Waals surface area contributed by atoms with Gasteiger partial charge in [-0.25, -0.2) is 0 Å². The van der Waals surface area contributed by atoms with Crippen LogP contribution in [-0.4, -0.2) is 5.97 Å². The molecule has 0 aromatic heterocycles. The van der Waals surface area contributed by atoms with Crippen LogP contribution in [-0.2, 0) is 16.0 Å². The second kappa shape index (κ2) is 10.6. The van der Waals surface area contributed by atoms with E-state index in [1.807, 2.05) is 43.3 Å². The van der Waals surface area contributed by atoms with Crippen molar-refractivity contribution >= 4 is 5.97 Å². The van der Waals surface area contributed by atoms with E-state index < -0.39 is 0 Å². The Kier molecular flexibility index (Phi) is 7.62. The van der Waals surface area contributed by atoms with Gasteiger partial charge in [0.1, 0.15) is 0 Å². The molecular formula is C28H30O2. The first-order valence-electron chi connectivity index (χ1n) is 10.6.